The minimum Gasteiger partial charge on any atom is -0.450 e. The molecule has 3 fully saturated rings. The van der Waals surface area contributed by atoms with Crippen LogP contribution in [0.1, 0.15) is 39.0 Å². The van der Waals surface area contributed by atoms with Crippen LogP contribution in [0.2, 0.25) is 0 Å². The summed E-state index contributed by atoms with van der Waals surface area (Å²) in [6.45, 7) is 5.47. The molecule has 32 heavy (non-hydrogen) atoms. The SMILES string of the molecule is CCOC(=O)N1CCN(S(=O)(=O)N2CCC[C@@H](C(=O)NCCCN3CCCC3=O)C2)CC1. The van der Waals surface area contributed by atoms with Gasteiger partial charge in [-0.15, -0.1) is 0 Å². The number of carbonyl (C=O) groups excluding carboxylic acids is 3. The summed E-state index contributed by atoms with van der Waals surface area (Å²) in [6, 6.07) is 0. The Morgan fingerprint density at radius 2 is 1.81 bits per heavy atom. The number of hydrogen-bond acceptors (Lipinski definition) is 6. The van der Waals surface area contributed by atoms with Gasteiger partial charge in [0.15, 0.2) is 0 Å². The third-order valence-corrected chi connectivity index (χ3v) is 8.25. The van der Waals surface area contributed by atoms with Crippen LogP contribution in [-0.2, 0) is 24.5 Å². The zero-order chi connectivity index (χ0) is 23.1. The summed E-state index contributed by atoms with van der Waals surface area (Å²) in [6.07, 6.45) is 3.05. The molecule has 3 saturated heterocycles. The van der Waals surface area contributed by atoms with Crippen LogP contribution in [0.5, 0.6) is 0 Å². The van der Waals surface area contributed by atoms with Crippen LogP contribution in [0.4, 0.5) is 4.79 Å². The van der Waals surface area contributed by atoms with Gasteiger partial charge in [-0.25, -0.2) is 4.79 Å². The van der Waals surface area contributed by atoms with E-state index in [9.17, 15) is 22.8 Å². The van der Waals surface area contributed by atoms with Gasteiger partial charge in [0.05, 0.1) is 12.5 Å². The molecule has 0 bridgehead atoms. The van der Waals surface area contributed by atoms with E-state index in [0.717, 1.165) is 13.0 Å². The average molecular weight is 474 g/mol. The number of rotatable bonds is 8. The predicted octanol–water partition coefficient (Wildman–Crippen LogP) is -0.154. The van der Waals surface area contributed by atoms with Crippen LogP contribution < -0.4 is 5.32 Å². The molecule has 3 aliphatic heterocycles. The summed E-state index contributed by atoms with van der Waals surface area (Å²) < 4.78 is 34.0. The molecule has 0 spiro atoms. The van der Waals surface area contributed by atoms with Crippen molar-refractivity contribution in [2.24, 2.45) is 5.92 Å². The summed E-state index contributed by atoms with van der Waals surface area (Å²) in [4.78, 5) is 39.4. The van der Waals surface area contributed by atoms with Crippen molar-refractivity contribution >= 4 is 28.1 Å². The topological polar surface area (TPSA) is 120 Å². The lowest BCUT2D eigenvalue weighted by molar-refractivity contribution is -0.127. The van der Waals surface area contributed by atoms with Crippen LogP contribution in [0.25, 0.3) is 0 Å². The van der Waals surface area contributed by atoms with E-state index in [1.807, 2.05) is 4.90 Å². The van der Waals surface area contributed by atoms with Crippen molar-refractivity contribution in [1.29, 1.82) is 0 Å². The molecule has 3 amide bonds. The van der Waals surface area contributed by atoms with Gasteiger partial charge in [0.2, 0.25) is 11.8 Å². The third-order valence-electron chi connectivity index (χ3n) is 6.25. The van der Waals surface area contributed by atoms with Crippen LogP contribution >= 0.6 is 0 Å². The van der Waals surface area contributed by atoms with E-state index in [4.69, 9.17) is 4.74 Å². The van der Waals surface area contributed by atoms with E-state index in [1.165, 1.54) is 13.5 Å². The fraction of sp³-hybridized carbons (Fsp3) is 0.850. The maximum absolute atomic E-state index is 13.1. The fourth-order valence-electron chi connectivity index (χ4n) is 4.41. The van der Waals surface area contributed by atoms with E-state index in [2.05, 4.69) is 5.32 Å². The minimum atomic E-state index is -3.69. The Labute approximate surface area is 190 Å². The number of likely N-dealkylation sites (tertiary alicyclic amines) is 1. The number of amides is 3. The zero-order valence-corrected chi connectivity index (χ0v) is 19.6. The Kier molecular flexibility index (Phi) is 8.72. The summed E-state index contributed by atoms with van der Waals surface area (Å²) >= 11 is 0. The van der Waals surface area contributed by atoms with E-state index in [1.54, 1.807) is 6.92 Å². The lowest BCUT2D eigenvalue weighted by atomic mass is 9.99. The van der Waals surface area contributed by atoms with E-state index < -0.39 is 16.3 Å². The van der Waals surface area contributed by atoms with Crippen molar-refractivity contribution in [3.05, 3.63) is 0 Å². The highest BCUT2D eigenvalue weighted by Gasteiger charge is 2.37. The predicted molar refractivity (Wildman–Crippen MR) is 117 cm³/mol. The summed E-state index contributed by atoms with van der Waals surface area (Å²) in [7, 11) is -3.69. The Hall–Kier alpha value is -1.92. The van der Waals surface area contributed by atoms with E-state index in [0.29, 0.717) is 45.3 Å². The average Bonchev–Trinajstić information content (AvgIpc) is 3.21. The third kappa shape index (κ3) is 6.10. The first kappa shape index (κ1) is 24.7. The second-order valence-corrected chi connectivity index (χ2v) is 10.3. The fourth-order valence-corrected chi connectivity index (χ4v) is 6.09. The van der Waals surface area contributed by atoms with Gasteiger partial charge < -0.3 is 19.9 Å². The molecule has 11 nitrogen and oxygen atoms in total. The number of nitrogens with zero attached hydrogens (tertiary/aromatic N) is 4. The highest BCUT2D eigenvalue weighted by atomic mass is 32.2. The number of nitrogens with one attached hydrogen (secondary N) is 1. The lowest BCUT2D eigenvalue weighted by Gasteiger charge is -2.38. The van der Waals surface area contributed by atoms with Gasteiger partial charge in [-0.1, -0.05) is 0 Å². The highest BCUT2D eigenvalue weighted by molar-refractivity contribution is 7.86. The van der Waals surface area contributed by atoms with Gasteiger partial charge in [-0.05, 0) is 32.6 Å². The van der Waals surface area contributed by atoms with Crippen LogP contribution in [0, 0.1) is 5.92 Å². The van der Waals surface area contributed by atoms with Gasteiger partial charge >= 0.3 is 6.09 Å². The normalized spacial score (nSPS) is 23.4. The van der Waals surface area contributed by atoms with Crippen LogP contribution in [0.3, 0.4) is 0 Å². The molecule has 12 heteroatoms. The maximum Gasteiger partial charge on any atom is 0.409 e. The number of hydrogen-bond donors (Lipinski definition) is 1. The number of piperidine rings is 1. The number of carbonyl (C=O) groups is 3. The monoisotopic (exact) mass is 473 g/mol. The van der Waals surface area contributed by atoms with Crippen molar-refractivity contribution in [3.63, 3.8) is 0 Å². The molecule has 0 aromatic rings. The summed E-state index contributed by atoms with van der Waals surface area (Å²) in [5.74, 6) is -0.343. The first-order chi connectivity index (χ1) is 15.3. The van der Waals surface area contributed by atoms with E-state index in [-0.39, 0.29) is 57.1 Å². The quantitative estimate of drug-likeness (QED) is 0.490. The molecular formula is C20H35N5O6S. The van der Waals surface area contributed by atoms with Gasteiger partial charge in [-0.2, -0.15) is 17.0 Å². The second kappa shape index (κ2) is 11.3. The van der Waals surface area contributed by atoms with Crippen molar-refractivity contribution in [3.8, 4) is 0 Å². The van der Waals surface area contributed by atoms with E-state index >= 15 is 0 Å². The number of piperazine rings is 1. The minimum absolute atomic E-state index is 0.134. The van der Waals surface area contributed by atoms with Crippen LogP contribution in [0.15, 0.2) is 0 Å². The lowest BCUT2D eigenvalue weighted by Crippen LogP contribution is -2.56. The van der Waals surface area contributed by atoms with Gasteiger partial charge in [0, 0.05) is 65.3 Å². The molecule has 0 aromatic carbocycles. The standard InChI is InChI=1S/C20H35N5O6S/c1-2-31-20(28)23-12-14-24(15-13-23)32(29,30)25-11-3-6-17(16-25)19(27)21-8-5-10-22-9-4-7-18(22)26/h17H,2-16H2,1H3,(H,21,27)/t17-/m1/s1. The summed E-state index contributed by atoms with van der Waals surface area (Å²) in [5.41, 5.74) is 0. The van der Waals surface area contributed by atoms with Gasteiger partial charge in [0.25, 0.3) is 10.2 Å². The maximum atomic E-state index is 13.1. The Bertz CT molecular complexity index is 783. The van der Waals surface area contributed by atoms with Gasteiger partial charge in [-0.3, -0.25) is 9.59 Å². The molecule has 0 aromatic heterocycles. The molecule has 1 N–H and O–H groups in total. The molecule has 0 unspecified atom stereocenters. The molecule has 3 aliphatic rings. The molecule has 182 valence electrons. The Balaban J connectivity index is 1.44. The largest absolute Gasteiger partial charge is 0.450 e. The highest BCUT2D eigenvalue weighted by Crippen LogP contribution is 2.22. The van der Waals surface area contributed by atoms with Crippen molar-refractivity contribution in [2.75, 3.05) is 65.5 Å². The molecule has 1 atom stereocenters. The van der Waals surface area contributed by atoms with Crippen molar-refractivity contribution in [1.82, 2.24) is 23.7 Å². The molecule has 0 aliphatic carbocycles. The Morgan fingerprint density at radius 3 is 2.47 bits per heavy atom. The number of ether oxygens (including phenoxy) is 1. The zero-order valence-electron chi connectivity index (χ0n) is 18.8. The molecule has 0 saturated carbocycles. The smallest absolute Gasteiger partial charge is 0.409 e. The second-order valence-electron chi connectivity index (χ2n) is 8.42. The van der Waals surface area contributed by atoms with Crippen molar-refractivity contribution in [2.45, 2.75) is 39.0 Å². The molecule has 0 radical (unpaired) electrons. The van der Waals surface area contributed by atoms with Gasteiger partial charge in [0.1, 0.15) is 0 Å². The first-order valence-electron chi connectivity index (χ1n) is 11.6. The first-order valence-corrected chi connectivity index (χ1v) is 12.9. The van der Waals surface area contributed by atoms with Crippen molar-refractivity contribution < 1.29 is 27.5 Å². The molecule has 3 heterocycles. The van der Waals surface area contributed by atoms with Crippen LogP contribution in [-0.4, -0.2) is 110 Å². The Morgan fingerprint density at radius 1 is 1.06 bits per heavy atom. The summed E-state index contributed by atoms with van der Waals surface area (Å²) in [5, 5.41) is 2.90. The molecular weight excluding hydrogens is 438 g/mol. The molecule has 3 rings (SSSR count).